The van der Waals surface area contributed by atoms with Gasteiger partial charge in [0.2, 0.25) is 0 Å². The highest BCUT2D eigenvalue weighted by Gasteiger charge is 2.19. The summed E-state index contributed by atoms with van der Waals surface area (Å²) < 4.78 is 16.9. The molecule has 0 aromatic carbocycles. The predicted molar refractivity (Wildman–Crippen MR) is 321 cm³/mol. The minimum Gasteiger partial charge on any atom is -0.462 e. The molecule has 74 heavy (non-hydrogen) atoms. The topological polar surface area (TPSA) is 78.9 Å². The van der Waals surface area contributed by atoms with Crippen molar-refractivity contribution in [1.82, 2.24) is 0 Å². The third-order valence-electron chi connectivity index (χ3n) is 14.3. The Hall–Kier alpha value is -2.89. The summed E-state index contributed by atoms with van der Waals surface area (Å²) >= 11 is 0. The monoisotopic (exact) mass is 1030 g/mol. The zero-order valence-electron chi connectivity index (χ0n) is 49.4. The minimum atomic E-state index is -0.785. The zero-order chi connectivity index (χ0) is 53.6. The number of rotatable bonds is 59. The number of hydrogen-bond acceptors (Lipinski definition) is 6. The van der Waals surface area contributed by atoms with Crippen LogP contribution in [0.15, 0.2) is 60.8 Å². The van der Waals surface area contributed by atoms with E-state index in [1.165, 1.54) is 193 Å². The van der Waals surface area contributed by atoms with Gasteiger partial charge in [-0.15, -0.1) is 0 Å². The Morgan fingerprint density at radius 3 is 0.838 bits per heavy atom. The summed E-state index contributed by atoms with van der Waals surface area (Å²) in [5, 5.41) is 0. The maximum absolute atomic E-state index is 12.9. The highest BCUT2D eigenvalue weighted by Crippen LogP contribution is 2.17. The summed E-state index contributed by atoms with van der Waals surface area (Å²) in [6.45, 7) is 6.56. The SMILES string of the molecule is CC/C=C\C/C=C\C/C=C\C/C=C\CCCCCCCCC(=O)OC(COC(=O)CCCCCCC/C=C\CCCCCCCCC)COC(=O)CCCCCCCCCCCCCCCCCCCCCCC. The summed E-state index contributed by atoms with van der Waals surface area (Å²) in [7, 11) is 0. The Morgan fingerprint density at radius 1 is 0.284 bits per heavy atom. The fourth-order valence-corrected chi connectivity index (χ4v) is 9.43. The van der Waals surface area contributed by atoms with E-state index in [2.05, 4.69) is 81.5 Å². The average molecular weight is 1040 g/mol. The van der Waals surface area contributed by atoms with Gasteiger partial charge in [-0.3, -0.25) is 14.4 Å². The molecule has 0 bridgehead atoms. The molecule has 1 unspecified atom stereocenters. The Kier molecular flexibility index (Phi) is 60.2. The molecule has 0 spiro atoms. The van der Waals surface area contributed by atoms with Gasteiger partial charge in [0, 0.05) is 19.3 Å². The highest BCUT2D eigenvalue weighted by atomic mass is 16.6. The Balaban J connectivity index is 4.36. The summed E-state index contributed by atoms with van der Waals surface area (Å²) in [6, 6.07) is 0. The van der Waals surface area contributed by atoms with E-state index >= 15 is 0 Å². The van der Waals surface area contributed by atoms with Crippen molar-refractivity contribution in [2.75, 3.05) is 13.2 Å². The van der Waals surface area contributed by atoms with E-state index < -0.39 is 6.10 Å². The molecule has 0 aliphatic heterocycles. The van der Waals surface area contributed by atoms with Gasteiger partial charge >= 0.3 is 17.9 Å². The van der Waals surface area contributed by atoms with E-state index in [4.69, 9.17) is 14.2 Å². The summed E-state index contributed by atoms with van der Waals surface area (Å²) in [5.74, 6) is -0.883. The molecule has 1 atom stereocenters. The molecule has 0 amide bonds. The van der Waals surface area contributed by atoms with Gasteiger partial charge in [-0.25, -0.2) is 0 Å². The van der Waals surface area contributed by atoms with Gasteiger partial charge in [0.15, 0.2) is 6.10 Å². The van der Waals surface area contributed by atoms with Crippen molar-refractivity contribution in [1.29, 1.82) is 0 Å². The predicted octanol–water partition coefficient (Wildman–Crippen LogP) is 21.9. The van der Waals surface area contributed by atoms with Gasteiger partial charge < -0.3 is 14.2 Å². The molecule has 430 valence electrons. The lowest BCUT2D eigenvalue weighted by atomic mass is 10.0. The number of unbranched alkanes of at least 4 members (excludes halogenated alkanes) is 38. The molecule has 0 aromatic rings. The van der Waals surface area contributed by atoms with Gasteiger partial charge in [-0.1, -0.05) is 293 Å². The van der Waals surface area contributed by atoms with Crippen molar-refractivity contribution in [3.63, 3.8) is 0 Å². The van der Waals surface area contributed by atoms with Crippen molar-refractivity contribution < 1.29 is 28.6 Å². The summed E-state index contributed by atoms with van der Waals surface area (Å²) in [4.78, 5) is 38.3. The smallest absolute Gasteiger partial charge is 0.306 e. The average Bonchev–Trinajstić information content (AvgIpc) is 3.40. The van der Waals surface area contributed by atoms with Crippen molar-refractivity contribution in [3.8, 4) is 0 Å². The molecule has 0 aromatic heterocycles. The number of allylic oxidation sites excluding steroid dienone is 10. The second kappa shape index (κ2) is 62.6. The van der Waals surface area contributed by atoms with Crippen LogP contribution in [0.3, 0.4) is 0 Å². The lowest BCUT2D eigenvalue weighted by molar-refractivity contribution is -0.167. The maximum atomic E-state index is 12.9. The number of ether oxygens (including phenoxy) is 3. The van der Waals surface area contributed by atoms with Crippen molar-refractivity contribution >= 4 is 17.9 Å². The highest BCUT2D eigenvalue weighted by molar-refractivity contribution is 5.71. The molecule has 0 aliphatic rings. The standard InChI is InChI=1S/C68H122O6/c1-4-7-10-13-16-19-22-25-28-31-33-34-36-37-40-43-46-49-52-55-58-61-67(70)73-64-65(63-72-66(69)60-57-54-51-48-45-42-39-30-27-24-21-18-15-12-9-6-3)74-68(71)62-59-56-53-50-47-44-41-38-35-32-29-26-23-20-17-14-11-8-5-2/h8,11,17,20,26,29-30,35,38-39,65H,4-7,9-10,12-16,18-19,21-25,27-28,31-34,36-37,40-64H2,1-3H3/b11-8-,20-17-,29-26-,38-35-,39-30-. The lowest BCUT2D eigenvalue weighted by Crippen LogP contribution is -2.30. The minimum absolute atomic E-state index is 0.0795. The normalized spacial score (nSPS) is 12.4. The molecular weight excluding hydrogens is 913 g/mol. The van der Waals surface area contributed by atoms with Gasteiger partial charge in [0.25, 0.3) is 0 Å². The third-order valence-corrected chi connectivity index (χ3v) is 14.3. The lowest BCUT2D eigenvalue weighted by Gasteiger charge is -2.18. The largest absolute Gasteiger partial charge is 0.462 e. The summed E-state index contributed by atoms with van der Waals surface area (Å²) in [6.07, 6.45) is 79.4. The molecule has 0 rings (SSSR count). The van der Waals surface area contributed by atoms with E-state index in [1.54, 1.807) is 0 Å². The van der Waals surface area contributed by atoms with Crippen molar-refractivity contribution in [3.05, 3.63) is 60.8 Å². The van der Waals surface area contributed by atoms with Gasteiger partial charge in [0.1, 0.15) is 13.2 Å². The first-order valence-electron chi connectivity index (χ1n) is 32.3. The quantitative estimate of drug-likeness (QED) is 0.0261. The first kappa shape index (κ1) is 71.1. The van der Waals surface area contributed by atoms with E-state index in [9.17, 15) is 14.4 Å². The van der Waals surface area contributed by atoms with E-state index in [1.807, 2.05) is 0 Å². The van der Waals surface area contributed by atoms with Gasteiger partial charge in [-0.05, 0) is 83.5 Å². The van der Waals surface area contributed by atoms with Crippen LogP contribution in [0, 0.1) is 0 Å². The number of carbonyl (C=O) groups excluding carboxylic acids is 3. The fourth-order valence-electron chi connectivity index (χ4n) is 9.43. The molecule has 0 saturated carbocycles. The van der Waals surface area contributed by atoms with Crippen LogP contribution in [-0.2, 0) is 28.6 Å². The first-order valence-corrected chi connectivity index (χ1v) is 32.3. The molecular formula is C68H122O6. The summed E-state index contributed by atoms with van der Waals surface area (Å²) in [5.41, 5.74) is 0. The Bertz CT molecular complexity index is 1330. The third kappa shape index (κ3) is 60.0. The molecule has 0 saturated heterocycles. The van der Waals surface area contributed by atoms with Crippen molar-refractivity contribution in [2.45, 2.75) is 341 Å². The second-order valence-electron chi connectivity index (χ2n) is 21.6. The van der Waals surface area contributed by atoms with Crippen LogP contribution in [0.5, 0.6) is 0 Å². The van der Waals surface area contributed by atoms with Crippen LogP contribution in [0.2, 0.25) is 0 Å². The first-order chi connectivity index (χ1) is 36.5. The molecule has 0 N–H and O–H groups in total. The van der Waals surface area contributed by atoms with Crippen LogP contribution in [0.25, 0.3) is 0 Å². The maximum Gasteiger partial charge on any atom is 0.306 e. The van der Waals surface area contributed by atoms with Crippen LogP contribution in [0.1, 0.15) is 335 Å². The fraction of sp³-hybridized carbons (Fsp3) is 0.809. The number of carbonyl (C=O) groups is 3. The molecule has 6 nitrogen and oxygen atoms in total. The van der Waals surface area contributed by atoms with E-state index in [-0.39, 0.29) is 31.1 Å². The molecule has 0 radical (unpaired) electrons. The van der Waals surface area contributed by atoms with Crippen LogP contribution < -0.4 is 0 Å². The Morgan fingerprint density at radius 2 is 0.527 bits per heavy atom. The molecule has 0 fully saturated rings. The van der Waals surface area contributed by atoms with Crippen LogP contribution in [-0.4, -0.2) is 37.2 Å². The van der Waals surface area contributed by atoms with Gasteiger partial charge in [0.05, 0.1) is 0 Å². The zero-order valence-corrected chi connectivity index (χ0v) is 49.4. The van der Waals surface area contributed by atoms with Gasteiger partial charge in [-0.2, -0.15) is 0 Å². The number of hydrogen-bond donors (Lipinski definition) is 0. The molecule has 0 heterocycles. The van der Waals surface area contributed by atoms with E-state index in [0.717, 1.165) is 103 Å². The second-order valence-corrected chi connectivity index (χ2v) is 21.6. The molecule has 6 heteroatoms. The number of esters is 3. The van der Waals surface area contributed by atoms with Crippen LogP contribution >= 0.6 is 0 Å². The van der Waals surface area contributed by atoms with E-state index in [0.29, 0.717) is 19.3 Å². The molecule has 0 aliphatic carbocycles. The Labute approximate surface area is 460 Å². The van der Waals surface area contributed by atoms with Crippen LogP contribution in [0.4, 0.5) is 0 Å². The van der Waals surface area contributed by atoms with Crippen molar-refractivity contribution in [2.24, 2.45) is 0 Å².